The summed E-state index contributed by atoms with van der Waals surface area (Å²) in [7, 11) is 0. The van der Waals surface area contributed by atoms with E-state index in [1.165, 1.54) is 0 Å². The minimum atomic E-state index is -0.565. The zero-order chi connectivity index (χ0) is 8.86. The maximum atomic E-state index is 8.92. The van der Waals surface area contributed by atoms with E-state index in [4.69, 9.17) is 15.7 Å². The first-order valence-corrected chi connectivity index (χ1v) is 4.29. The van der Waals surface area contributed by atoms with Crippen molar-refractivity contribution in [2.45, 2.75) is 18.4 Å². The number of nitrogens with one attached hydrogen (secondary N) is 1. The molecule has 0 aromatic heterocycles. The molecule has 0 radical (unpaired) electrons. The van der Waals surface area contributed by atoms with Crippen molar-refractivity contribution in [3.8, 4) is 6.07 Å². The molecule has 4 nitrogen and oxygen atoms in total. The van der Waals surface area contributed by atoms with Gasteiger partial charge in [-0.1, -0.05) is 0 Å². The van der Waals surface area contributed by atoms with Crippen molar-refractivity contribution in [3.05, 3.63) is 0 Å². The molecule has 0 amide bonds. The minimum absolute atomic E-state index is 0.480. The third-order valence-corrected chi connectivity index (χ3v) is 2.11. The van der Waals surface area contributed by atoms with Gasteiger partial charge < -0.3 is 15.8 Å². The van der Waals surface area contributed by atoms with Gasteiger partial charge in [0.2, 0.25) is 0 Å². The lowest BCUT2D eigenvalue weighted by Gasteiger charge is -2.30. The van der Waals surface area contributed by atoms with Gasteiger partial charge in [-0.3, -0.25) is 0 Å². The highest BCUT2D eigenvalue weighted by Crippen LogP contribution is 2.21. The molecule has 1 fully saturated rings. The Bertz CT molecular complexity index is 170. The zero-order valence-corrected chi connectivity index (χ0v) is 7.18. The fraction of sp³-hybridized carbons (Fsp3) is 0.875. The molecule has 1 heterocycles. The number of ether oxygens (including phenoxy) is 1. The summed E-state index contributed by atoms with van der Waals surface area (Å²) in [5, 5.41) is 12.1. The summed E-state index contributed by atoms with van der Waals surface area (Å²) < 4.78 is 5.44. The van der Waals surface area contributed by atoms with Crippen molar-refractivity contribution >= 4 is 0 Å². The first kappa shape index (κ1) is 9.46. The van der Waals surface area contributed by atoms with Gasteiger partial charge >= 0.3 is 0 Å². The first-order valence-electron chi connectivity index (χ1n) is 4.29. The van der Waals surface area contributed by atoms with Crippen LogP contribution in [0.1, 0.15) is 12.8 Å². The minimum Gasteiger partial charge on any atom is -0.359 e. The maximum absolute atomic E-state index is 8.92. The molecule has 0 atom stereocenters. The van der Waals surface area contributed by atoms with Gasteiger partial charge in [0.05, 0.1) is 12.7 Å². The van der Waals surface area contributed by atoms with Gasteiger partial charge in [0.1, 0.15) is 0 Å². The van der Waals surface area contributed by atoms with Crippen LogP contribution < -0.4 is 11.1 Å². The van der Waals surface area contributed by atoms with E-state index in [0.29, 0.717) is 13.2 Å². The lowest BCUT2D eigenvalue weighted by atomic mass is 9.94. The highest BCUT2D eigenvalue weighted by Gasteiger charge is 2.32. The molecule has 0 unspecified atom stereocenters. The Morgan fingerprint density at radius 2 is 2.17 bits per heavy atom. The quantitative estimate of drug-likeness (QED) is 0.603. The summed E-state index contributed by atoms with van der Waals surface area (Å²) in [6, 6.07) is 2.23. The van der Waals surface area contributed by atoms with Crippen LogP contribution in [0.4, 0.5) is 0 Å². The molecule has 0 bridgehead atoms. The Morgan fingerprint density at radius 3 is 2.67 bits per heavy atom. The molecule has 68 valence electrons. The van der Waals surface area contributed by atoms with Gasteiger partial charge in [-0.25, -0.2) is 0 Å². The Balaban J connectivity index is 2.44. The van der Waals surface area contributed by atoms with Crippen LogP contribution in [0.3, 0.4) is 0 Å². The molecule has 3 N–H and O–H groups in total. The summed E-state index contributed by atoms with van der Waals surface area (Å²) in [5.41, 5.74) is 4.74. The van der Waals surface area contributed by atoms with Gasteiger partial charge in [-0.15, -0.1) is 0 Å². The van der Waals surface area contributed by atoms with Gasteiger partial charge in [0.15, 0.2) is 5.60 Å². The second-order valence-electron chi connectivity index (χ2n) is 2.99. The summed E-state index contributed by atoms with van der Waals surface area (Å²) in [6.07, 6.45) is 1.53. The second kappa shape index (κ2) is 4.41. The Hall–Kier alpha value is -0.630. The Morgan fingerprint density at radius 1 is 1.50 bits per heavy atom. The largest absolute Gasteiger partial charge is 0.359 e. The van der Waals surface area contributed by atoms with E-state index in [1.54, 1.807) is 0 Å². The molecule has 0 spiro atoms. The van der Waals surface area contributed by atoms with Crippen molar-refractivity contribution in [1.29, 1.82) is 5.26 Å². The van der Waals surface area contributed by atoms with Crippen LogP contribution in [0, 0.1) is 11.3 Å². The fourth-order valence-electron chi connectivity index (χ4n) is 1.37. The zero-order valence-electron chi connectivity index (χ0n) is 7.18. The van der Waals surface area contributed by atoms with Crippen molar-refractivity contribution in [2.75, 3.05) is 26.2 Å². The van der Waals surface area contributed by atoms with E-state index in [2.05, 4.69) is 11.4 Å². The number of hydrogen-bond donors (Lipinski definition) is 2. The summed E-state index contributed by atoms with van der Waals surface area (Å²) in [5.74, 6) is 0. The second-order valence-corrected chi connectivity index (χ2v) is 2.99. The molecule has 0 aromatic rings. The van der Waals surface area contributed by atoms with Crippen molar-refractivity contribution in [3.63, 3.8) is 0 Å². The van der Waals surface area contributed by atoms with Crippen LogP contribution in [0.15, 0.2) is 0 Å². The predicted octanol–water partition coefficient (Wildman–Crippen LogP) is -0.393. The summed E-state index contributed by atoms with van der Waals surface area (Å²) in [6.45, 7) is 2.68. The van der Waals surface area contributed by atoms with Gasteiger partial charge in [0.25, 0.3) is 0 Å². The third-order valence-electron chi connectivity index (χ3n) is 2.11. The van der Waals surface area contributed by atoms with Crippen LogP contribution in [-0.4, -0.2) is 31.8 Å². The van der Waals surface area contributed by atoms with Crippen LogP contribution in [0.5, 0.6) is 0 Å². The molecule has 1 saturated heterocycles. The maximum Gasteiger partial charge on any atom is 0.156 e. The standard InChI is InChI=1S/C8H15N3O/c9-3-6-12-8(7-10)1-4-11-5-2-8/h11H,1-6,9H2. The molecule has 0 saturated carbocycles. The molecule has 1 aliphatic rings. The lowest BCUT2D eigenvalue weighted by Crippen LogP contribution is -2.43. The number of nitriles is 1. The average molecular weight is 169 g/mol. The van der Waals surface area contributed by atoms with E-state index in [9.17, 15) is 0 Å². The normalized spacial score (nSPS) is 21.7. The van der Waals surface area contributed by atoms with Gasteiger partial charge in [-0.2, -0.15) is 5.26 Å². The van der Waals surface area contributed by atoms with Crippen LogP contribution >= 0.6 is 0 Å². The molecule has 1 aliphatic heterocycles. The van der Waals surface area contributed by atoms with Crippen LogP contribution in [-0.2, 0) is 4.74 Å². The molecule has 4 heteroatoms. The van der Waals surface area contributed by atoms with E-state index in [1.807, 2.05) is 0 Å². The summed E-state index contributed by atoms with van der Waals surface area (Å²) in [4.78, 5) is 0. The van der Waals surface area contributed by atoms with Crippen LogP contribution in [0.25, 0.3) is 0 Å². The third kappa shape index (κ3) is 2.18. The number of nitrogens with zero attached hydrogens (tertiary/aromatic N) is 1. The Kier molecular flexibility index (Phi) is 3.48. The smallest absolute Gasteiger partial charge is 0.156 e. The molecular formula is C8H15N3O. The molecular weight excluding hydrogens is 154 g/mol. The highest BCUT2D eigenvalue weighted by atomic mass is 16.5. The lowest BCUT2D eigenvalue weighted by molar-refractivity contribution is -0.0187. The Labute approximate surface area is 72.7 Å². The number of nitrogens with two attached hydrogens (primary N) is 1. The van der Waals surface area contributed by atoms with Crippen molar-refractivity contribution in [1.82, 2.24) is 5.32 Å². The number of hydrogen-bond acceptors (Lipinski definition) is 4. The van der Waals surface area contributed by atoms with Crippen molar-refractivity contribution < 1.29 is 4.74 Å². The number of rotatable bonds is 3. The predicted molar refractivity (Wildman–Crippen MR) is 45.5 cm³/mol. The van der Waals surface area contributed by atoms with Crippen molar-refractivity contribution in [2.24, 2.45) is 5.73 Å². The number of piperidine rings is 1. The topological polar surface area (TPSA) is 71.1 Å². The average Bonchev–Trinajstić information content (AvgIpc) is 2.16. The fourth-order valence-corrected chi connectivity index (χ4v) is 1.37. The molecule has 12 heavy (non-hydrogen) atoms. The van der Waals surface area contributed by atoms with Gasteiger partial charge in [0, 0.05) is 19.4 Å². The van der Waals surface area contributed by atoms with E-state index in [0.717, 1.165) is 25.9 Å². The van der Waals surface area contributed by atoms with E-state index < -0.39 is 5.60 Å². The highest BCUT2D eigenvalue weighted by molar-refractivity contribution is 5.04. The molecule has 0 aromatic carbocycles. The molecule has 1 rings (SSSR count). The van der Waals surface area contributed by atoms with Crippen LogP contribution in [0.2, 0.25) is 0 Å². The SMILES string of the molecule is N#CC1(OCCN)CCNCC1. The molecule has 0 aliphatic carbocycles. The van der Waals surface area contributed by atoms with E-state index in [-0.39, 0.29) is 0 Å². The first-order chi connectivity index (χ1) is 5.83. The van der Waals surface area contributed by atoms with E-state index >= 15 is 0 Å². The monoisotopic (exact) mass is 169 g/mol. The van der Waals surface area contributed by atoms with Gasteiger partial charge in [-0.05, 0) is 13.1 Å². The summed E-state index contributed by atoms with van der Waals surface area (Å²) >= 11 is 0.